The number of carbonyl (C=O) groups is 3. The van der Waals surface area contributed by atoms with Crippen molar-refractivity contribution < 1.29 is 61.8 Å². The van der Waals surface area contributed by atoms with Gasteiger partial charge in [-0.05, 0) is 27.7 Å². The zero-order chi connectivity index (χ0) is 27.1. The maximum atomic E-state index is 11.8. The molecule has 4 heterocycles. The van der Waals surface area contributed by atoms with Gasteiger partial charge in [0, 0.05) is 27.2 Å². The summed E-state index contributed by atoms with van der Waals surface area (Å²) in [6.45, 7) is 10.7. The molecule has 0 spiro atoms. The Balaban J connectivity index is 1.47. The van der Waals surface area contributed by atoms with Crippen LogP contribution in [0.25, 0.3) is 0 Å². The number of rotatable bonds is 7. The molecule has 4 aliphatic heterocycles. The average Bonchev–Trinajstić information content (AvgIpc) is 3.25. The van der Waals surface area contributed by atoms with Crippen LogP contribution >= 0.6 is 0 Å². The average molecular weight is 533 g/mol. The number of hydrogen-bond acceptors (Lipinski definition) is 13. The lowest BCUT2D eigenvalue weighted by Crippen LogP contribution is -2.57. The van der Waals surface area contributed by atoms with Crippen molar-refractivity contribution in [3.8, 4) is 0 Å². The highest BCUT2D eigenvalue weighted by Crippen LogP contribution is 2.44. The summed E-state index contributed by atoms with van der Waals surface area (Å²) in [4.78, 5) is 34.9. The lowest BCUT2D eigenvalue weighted by Gasteiger charge is -2.41. The summed E-state index contributed by atoms with van der Waals surface area (Å²) in [6, 6.07) is 0. The molecule has 0 amide bonds. The van der Waals surface area contributed by atoms with E-state index in [9.17, 15) is 14.4 Å². The van der Waals surface area contributed by atoms with Crippen molar-refractivity contribution in [2.45, 2.75) is 122 Å². The summed E-state index contributed by atoms with van der Waals surface area (Å²) in [6.07, 6.45) is -6.36. The number of fused-ring (bicyclic) bond motifs is 3. The van der Waals surface area contributed by atoms with E-state index >= 15 is 0 Å². The minimum atomic E-state index is -0.990. The maximum Gasteiger partial charge on any atom is 0.303 e. The van der Waals surface area contributed by atoms with Crippen molar-refractivity contribution in [2.24, 2.45) is 0 Å². The molecular formula is C24H36O13. The summed E-state index contributed by atoms with van der Waals surface area (Å²) < 4.78 is 58.2. The van der Waals surface area contributed by atoms with Gasteiger partial charge < -0.3 is 47.4 Å². The standard InChI is InChI=1S/C24H36O13/c1-11(25)28-9-15-18(31-13(3)27)14(30-12(2)26)8-17(32-15)29-10-16-19-20(35-23(4,5)34-19)21-22(33-16)37-24(6,7)36-21/h14-22H,8-10H2,1-7H3/t14-,15?,16?,17+,18-,19+,20?,21?,22-/m1/s1. The molecule has 0 saturated carbocycles. The van der Waals surface area contributed by atoms with E-state index in [-0.39, 0.29) is 19.6 Å². The van der Waals surface area contributed by atoms with E-state index in [1.165, 1.54) is 20.8 Å². The molecule has 13 nitrogen and oxygen atoms in total. The molecule has 0 radical (unpaired) electrons. The molecule has 0 aromatic heterocycles. The third kappa shape index (κ3) is 6.77. The van der Waals surface area contributed by atoms with Crippen molar-refractivity contribution in [2.75, 3.05) is 13.2 Å². The van der Waals surface area contributed by atoms with Crippen LogP contribution in [0.3, 0.4) is 0 Å². The van der Waals surface area contributed by atoms with Crippen molar-refractivity contribution in [1.29, 1.82) is 0 Å². The predicted molar refractivity (Wildman–Crippen MR) is 119 cm³/mol. The first-order chi connectivity index (χ1) is 17.2. The Kier molecular flexibility index (Phi) is 8.15. The van der Waals surface area contributed by atoms with E-state index in [0.29, 0.717) is 0 Å². The summed E-state index contributed by atoms with van der Waals surface area (Å²) in [5.74, 6) is -3.44. The van der Waals surface area contributed by atoms with Gasteiger partial charge in [0.05, 0.1) is 6.61 Å². The third-order valence-electron chi connectivity index (χ3n) is 6.25. The van der Waals surface area contributed by atoms with Crippen LogP contribution in [-0.4, -0.2) is 98.0 Å². The zero-order valence-corrected chi connectivity index (χ0v) is 22.1. The van der Waals surface area contributed by atoms with Crippen LogP contribution in [0.2, 0.25) is 0 Å². The van der Waals surface area contributed by atoms with Gasteiger partial charge in [0.15, 0.2) is 30.3 Å². The molecular weight excluding hydrogens is 496 g/mol. The van der Waals surface area contributed by atoms with Gasteiger partial charge in [-0.1, -0.05) is 0 Å². The highest BCUT2D eigenvalue weighted by atomic mass is 16.9. The Labute approximate surface area is 215 Å². The van der Waals surface area contributed by atoms with Crippen LogP contribution in [0, 0.1) is 0 Å². The Morgan fingerprint density at radius 2 is 1.35 bits per heavy atom. The van der Waals surface area contributed by atoms with E-state index in [1.807, 2.05) is 13.8 Å². The molecule has 9 atom stereocenters. The Hall–Kier alpha value is -1.87. The van der Waals surface area contributed by atoms with E-state index in [0.717, 1.165) is 0 Å². The van der Waals surface area contributed by atoms with E-state index in [1.54, 1.807) is 13.8 Å². The van der Waals surface area contributed by atoms with Crippen LogP contribution in [0.15, 0.2) is 0 Å². The van der Waals surface area contributed by atoms with Gasteiger partial charge in [0.1, 0.15) is 43.2 Å². The van der Waals surface area contributed by atoms with Crippen molar-refractivity contribution >= 4 is 17.9 Å². The second-order valence-electron chi connectivity index (χ2n) is 10.4. The molecule has 4 saturated heterocycles. The fourth-order valence-corrected chi connectivity index (χ4v) is 5.03. The normalized spacial score (nSPS) is 39.8. The van der Waals surface area contributed by atoms with Crippen molar-refractivity contribution in [3.63, 3.8) is 0 Å². The number of ether oxygens (including phenoxy) is 10. The van der Waals surface area contributed by atoms with Crippen molar-refractivity contribution in [1.82, 2.24) is 0 Å². The summed E-state index contributed by atoms with van der Waals surface area (Å²) in [7, 11) is 0. The monoisotopic (exact) mass is 532 g/mol. The van der Waals surface area contributed by atoms with Crippen LogP contribution in [0.4, 0.5) is 0 Å². The minimum absolute atomic E-state index is 0.0175. The summed E-state index contributed by atoms with van der Waals surface area (Å²) >= 11 is 0. The van der Waals surface area contributed by atoms with Gasteiger partial charge in [-0.15, -0.1) is 0 Å². The molecule has 0 bridgehead atoms. The maximum absolute atomic E-state index is 11.8. The van der Waals surface area contributed by atoms with Gasteiger partial charge >= 0.3 is 17.9 Å². The fourth-order valence-electron chi connectivity index (χ4n) is 5.03. The highest BCUT2D eigenvalue weighted by molar-refractivity contribution is 5.67. The van der Waals surface area contributed by atoms with Gasteiger partial charge in [0.25, 0.3) is 0 Å². The molecule has 4 aliphatic rings. The molecule has 37 heavy (non-hydrogen) atoms. The number of esters is 3. The van der Waals surface area contributed by atoms with Crippen LogP contribution in [0.5, 0.6) is 0 Å². The van der Waals surface area contributed by atoms with Crippen LogP contribution in [0.1, 0.15) is 54.9 Å². The number of hydrogen-bond donors (Lipinski definition) is 0. The molecule has 4 rings (SSSR count). The first-order valence-electron chi connectivity index (χ1n) is 12.3. The first-order valence-corrected chi connectivity index (χ1v) is 12.3. The Morgan fingerprint density at radius 1 is 0.730 bits per heavy atom. The van der Waals surface area contributed by atoms with Crippen LogP contribution in [-0.2, 0) is 61.8 Å². The zero-order valence-electron chi connectivity index (χ0n) is 22.1. The van der Waals surface area contributed by atoms with E-state index in [2.05, 4.69) is 0 Å². The SMILES string of the molecule is CC(=O)OCC1O[C@H](OCC2O[C@@H]3OC(C)(C)OC3C3OC(C)(C)O[C@@H]23)C[C@@H](OC(C)=O)[C@H]1OC(C)=O. The molecule has 210 valence electrons. The Bertz CT molecular complexity index is 873. The lowest BCUT2D eigenvalue weighted by atomic mass is 9.99. The first kappa shape index (κ1) is 28.1. The molecule has 4 unspecified atom stereocenters. The quantitative estimate of drug-likeness (QED) is 0.339. The van der Waals surface area contributed by atoms with Gasteiger partial charge in [-0.3, -0.25) is 14.4 Å². The lowest BCUT2D eigenvalue weighted by molar-refractivity contribution is -0.288. The largest absolute Gasteiger partial charge is 0.463 e. The molecule has 0 aromatic carbocycles. The van der Waals surface area contributed by atoms with Gasteiger partial charge in [-0.25, -0.2) is 0 Å². The molecule has 0 aliphatic carbocycles. The molecule has 13 heteroatoms. The smallest absolute Gasteiger partial charge is 0.303 e. The summed E-state index contributed by atoms with van der Waals surface area (Å²) in [5, 5.41) is 0. The Morgan fingerprint density at radius 3 is 2.00 bits per heavy atom. The number of carbonyl (C=O) groups excluding carboxylic acids is 3. The van der Waals surface area contributed by atoms with E-state index in [4.69, 9.17) is 47.4 Å². The van der Waals surface area contributed by atoms with Gasteiger partial charge in [0.2, 0.25) is 0 Å². The van der Waals surface area contributed by atoms with Crippen molar-refractivity contribution in [3.05, 3.63) is 0 Å². The molecule has 0 N–H and O–H groups in total. The van der Waals surface area contributed by atoms with Crippen LogP contribution < -0.4 is 0 Å². The second kappa shape index (κ2) is 10.7. The second-order valence-corrected chi connectivity index (χ2v) is 10.4. The molecule has 4 fully saturated rings. The highest BCUT2D eigenvalue weighted by Gasteiger charge is 2.61. The minimum Gasteiger partial charge on any atom is -0.463 e. The summed E-state index contributed by atoms with van der Waals surface area (Å²) in [5.41, 5.74) is 0. The molecule has 0 aromatic rings. The third-order valence-corrected chi connectivity index (χ3v) is 6.25. The van der Waals surface area contributed by atoms with E-state index < -0.39 is 84.8 Å². The topological polar surface area (TPSA) is 144 Å². The fraction of sp³-hybridized carbons (Fsp3) is 0.875. The predicted octanol–water partition coefficient (Wildman–Crippen LogP) is 0.941. The van der Waals surface area contributed by atoms with Gasteiger partial charge in [-0.2, -0.15) is 0 Å².